The Balaban J connectivity index is 2.33. The number of para-hydroxylation sites is 1. The SMILES string of the molecule is CC(C)CN1c2ccccc2[C@@H](C)[C@H]1C. The number of fused-ring (bicyclic) bond motifs is 1. The summed E-state index contributed by atoms with van der Waals surface area (Å²) in [7, 11) is 0. The first kappa shape index (κ1) is 10.5. The molecular formula is C14H21N. The van der Waals surface area contributed by atoms with Crippen molar-refractivity contribution in [3.8, 4) is 0 Å². The first-order valence-electron chi connectivity index (χ1n) is 5.97. The van der Waals surface area contributed by atoms with Gasteiger partial charge in [0.2, 0.25) is 0 Å². The highest BCUT2D eigenvalue weighted by molar-refractivity contribution is 5.61. The second-order valence-electron chi connectivity index (χ2n) is 5.13. The molecule has 0 aromatic heterocycles. The molecule has 0 saturated heterocycles. The second kappa shape index (κ2) is 3.88. The van der Waals surface area contributed by atoms with E-state index in [1.54, 1.807) is 0 Å². The number of benzene rings is 1. The molecule has 1 aliphatic rings. The van der Waals surface area contributed by atoms with Crippen LogP contribution in [0.25, 0.3) is 0 Å². The van der Waals surface area contributed by atoms with Crippen molar-refractivity contribution in [2.75, 3.05) is 11.4 Å². The quantitative estimate of drug-likeness (QED) is 0.709. The molecule has 0 unspecified atom stereocenters. The third-order valence-corrected chi connectivity index (χ3v) is 3.51. The lowest BCUT2D eigenvalue weighted by molar-refractivity contribution is 0.535. The van der Waals surface area contributed by atoms with E-state index < -0.39 is 0 Å². The molecular weight excluding hydrogens is 182 g/mol. The highest BCUT2D eigenvalue weighted by Gasteiger charge is 2.31. The van der Waals surface area contributed by atoms with Gasteiger partial charge < -0.3 is 4.90 Å². The maximum Gasteiger partial charge on any atom is 0.0404 e. The fourth-order valence-electron chi connectivity index (χ4n) is 2.54. The highest BCUT2D eigenvalue weighted by atomic mass is 15.2. The van der Waals surface area contributed by atoms with Gasteiger partial charge in [-0.05, 0) is 24.5 Å². The largest absolute Gasteiger partial charge is 0.368 e. The zero-order valence-corrected chi connectivity index (χ0v) is 10.2. The van der Waals surface area contributed by atoms with E-state index in [0.29, 0.717) is 12.0 Å². The van der Waals surface area contributed by atoms with Crippen molar-refractivity contribution in [1.29, 1.82) is 0 Å². The van der Waals surface area contributed by atoms with Crippen LogP contribution >= 0.6 is 0 Å². The van der Waals surface area contributed by atoms with Gasteiger partial charge in [-0.1, -0.05) is 39.0 Å². The van der Waals surface area contributed by atoms with Gasteiger partial charge >= 0.3 is 0 Å². The molecule has 0 N–H and O–H groups in total. The van der Waals surface area contributed by atoms with E-state index in [1.807, 2.05) is 0 Å². The van der Waals surface area contributed by atoms with Gasteiger partial charge in [0, 0.05) is 24.2 Å². The topological polar surface area (TPSA) is 3.24 Å². The van der Waals surface area contributed by atoms with E-state index >= 15 is 0 Å². The number of hydrogen-bond acceptors (Lipinski definition) is 1. The minimum Gasteiger partial charge on any atom is -0.368 e. The van der Waals surface area contributed by atoms with Gasteiger partial charge in [0.25, 0.3) is 0 Å². The monoisotopic (exact) mass is 203 g/mol. The number of anilines is 1. The summed E-state index contributed by atoms with van der Waals surface area (Å²) in [6.07, 6.45) is 0. The Morgan fingerprint density at radius 3 is 2.53 bits per heavy atom. The Hall–Kier alpha value is -0.980. The summed E-state index contributed by atoms with van der Waals surface area (Å²) in [5.41, 5.74) is 2.97. The maximum absolute atomic E-state index is 2.56. The molecule has 0 saturated carbocycles. The van der Waals surface area contributed by atoms with Crippen molar-refractivity contribution in [3.05, 3.63) is 29.8 Å². The molecule has 0 aliphatic carbocycles. The zero-order chi connectivity index (χ0) is 11.0. The van der Waals surface area contributed by atoms with Crippen molar-refractivity contribution in [3.63, 3.8) is 0 Å². The average molecular weight is 203 g/mol. The molecule has 2 atom stereocenters. The molecule has 1 aromatic rings. The first-order chi connectivity index (χ1) is 7.11. The molecule has 1 aliphatic heterocycles. The maximum atomic E-state index is 2.56. The van der Waals surface area contributed by atoms with Gasteiger partial charge in [0.15, 0.2) is 0 Å². The summed E-state index contributed by atoms with van der Waals surface area (Å²) in [5.74, 6) is 1.39. The third-order valence-electron chi connectivity index (χ3n) is 3.51. The van der Waals surface area contributed by atoms with E-state index in [9.17, 15) is 0 Å². The van der Waals surface area contributed by atoms with E-state index in [-0.39, 0.29) is 0 Å². The van der Waals surface area contributed by atoms with Crippen molar-refractivity contribution in [2.24, 2.45) is 5.92 Å². The molecule has 1 nitrogen and oxygen atoms in total. The van der Waals surface area contributed by atoms with Crippen LogP contribution in [0.2, 0.25) is 0 Å². The Labute approximate surface area is 93.1 Å². The molecule has 0 spiro atoms. The molecule has 0 fully saturated rings. The van der Waals surface area contributed by atoms with Gasteiger partial charge in [-0.3, -0.25) is 0 Å². The van der Waals surface area contributed by atoms with Crippen LogP contribution in [-0.4, -0.2) is 12.6 Å². The van der Waals surface area contributed by atoms with E-state index in [0.717, 1.165) is 5.92 Å². The van der Waals surface area contributed by atoms with E-state index in [1.165, 1.54) is 17.8 Å². The van der Waals surface area contributed by atoms with Gasteiger partial charge in [0.05, 0.1) is 0 Å². The molecule has 1 heterocycles. The van der Waals surface area contributed by atoms with Crippen molar-refractivity contribution in [1.82, 2.24) is 0 Å². The van der Waals surface area contributed by atoms with Gasteiger partial charge in [0.1, 0.15) is 0 Å². The Kier molecular flexibility index (Phi) is 2.72. The Morgan fingerprint density at radius 1 is 1.20 bits per heavy atom. The normalized spacial score (nSPS) is 24.7. The molecule has 15 heavy (non-hydrogen) atoms. The van der Waals surface area contributed by atoms with Crippen LogP contribution in [0.4, 0.5) is 5.69 Å². The minimum atomic E-state index is 0.643. The zero-order valence-electron chi connectivity index (χ0n) is 10.2. The standard InChI is InChI=1S/C14H21N/c1-10(2)9-15-12(4)11(3)13-7-5-6-8-14(13)15/h5-8,10-12H,9H2,1-4H3/t11-,12+/m0/s1. The Bertz CT molecular complexity index is 343. The summed E-state index contributed by atoms with van der Waals surface area (Å²) in [4.78, 5) is 2.56. The predicted octanol–water partition coefficient (Wildman–Crippen LogP) is 3.65. The Morgan fingerprint density at radius 2 is 1.87 bits per heavy atom. The highest BCUT2D eigenvalue weighted by Crippen LogP contribution is 2.40. The van der Waals surface area contributed by atoms with Gasteiger partial charge in [-0.15, -0.1) is 0 Å². The lowest BCUT2D eigenvalue weighted by Gasteiger charge is -2.28. The van der Waals surface area contributed by atoms with E-state index in [2.05, 4.69) is 56.9 Å². The molecule has 0 bridgehead atoms. The molecule has 1 heteroatoms. The van der Waals surface area contributed by atoms with Gasteiger partial charge in [-0.25, -0.2) is 0 Å². The van der Waals surface area contributed by atoms with E-state index in [4.69, 9.17) is 0 Å². The average Bonchev–Trinajstić information content (AvgIpc) is 2.44. The number of nitrogens with zero attached hydrogens (tertiary/aromatic N) is 1. The fourth-order valence-corrected chi connectivity index (χ4v) is 2.54. The molecule has 0 amide bonds. The molecule has 2 rings (SSSR count). The molecule has 0 radical (unpaired) electrons. The second-order valence-corrected chi connectivity index (χ2v) is 5.13. The van der Waals surface area contributed by atoms with Crippen LogP contribution < -0.4 is 4.90 Å². The molecule has 82 valence electrons. The summed E-state index contributed by atoms with van der Waals surface area (Å²) in [6.45, 7) is 10.4. The third kappa shape index (κ3) is 1.75. The van der Waals surface area contributed by atoms with Crippen molar-refractivity contribution in [2.45, 2.75) is 39.7 Å². The summed E-state index contributed by atoms with van der Waals surface area (Å²) in [5, 5.41) is 0. The summed E-state index contributed by atoms with van der Waals surface area (Å²) < 4.78 is 0. The smallest absolute Gasteiger partial charge is 0.0404 e. The van der Waals surface area contributed by atoms with Crippen LogP contribution in [0.15, 0.2) is 24.3 Å². The fraction of sp³-hybridized carbons (Fsp3) is 0.571. The lowest BCUT2D eigenvalue weighted by atomic mass is 9.98. The molecule has 1 aromatic carbocycles. The van der Waals surface area contributed by atoms with Crippen LogP contribution in [0.5, 0.6) is 0 Å². The first-order valence-corrected chi connectivity index (χ1v) is 5.97. The van der Waals surface area contributed by atoms with Crippen LogP contribution in [0.3, 0.4) is 0 Å². The number of hydrogen-bond donors (Lipinski definition) is 0. The van der Waals surface area contributed by atoms with Crippen molar-refractivity contribution < 1.29 is 0 Å². The number of rotatable bonds is 2. The van der Waals surface area contributed by atoms with Crippen LogP contribution in [0, 0.1) is 5.92 Å². The summed E-state index contributed by atoms with van der Waals surface area (Å²) in [6, 6.07) is 9.48. The minimum absolute atomic E-state index is 0.643. The van der Waals surface area contributed by atoms with Crippen LogP contribution in [0.1, 0.15) is 39.2 Å². The summed E-state index contributed by atoms with van der Waals surface area (Å²) >= 11 is 0. The van der Waals surface area contributed by atoms with Crippen LogP contribution in [-0.2, 0) is 0 Å². The van der Waals surface area contributed by atoms with Crippen molar-refractivity contribution >= 4 is 5.69 Å². The lowest BCUT2D eigenvalue weighted by Crippen LogP contribution is -2.33. The van der Waals surface area contributed by atoms with Gasteiger partial charge in [-0.2, -0.15) is 0 Å². The predicted molar refractivity (Wildman–Crippen MR) is 66.5 cm³/mol.